The van der Waals surface area contributed by atoms with Crippen molar-refractivity contribution in [3.8, 4) is 0 Å². The Kier molecular flexibility index (Phi) is 5.24. The van der Waals surface area contributed by atoms with Crippen LogP contribution in [0.25, 0.3) is 0 Å². The van der Waals surface area contributed by atoms with Crippen LogP contribution >= 0.6 is 0 Å². The Labute approximate surface area is 106 Å². The van der Waals surface area contributed by atoms with Crippen LogP contribution in [-0.4, -0.2) is 42.5 Å². The zero-order valence-electron chi connectivity index (χ0n) is 10.1. The molecule has 0 bridgehead atoms. The third-order valence-corrected chi connectivity index (χ3v) is 4.11. The lowest BCUT2D eigenvalue weighted by molar-refractivity contribution is 0.0696. The van der Waals surface area contributed by atoms with Crippen molar-refractivity contribution in [1.29, 1.82) is 0 Å². The summed E-state index contributed by atoms with van der Waals surface area (Å²) in [5.74, 6) is -0.784. The molecule has 6 nitrogen and oxygen atoms in total. The number of aromatic nitrogens is 1. The van der Waals surface area contributed by atoms with Crippen molar-refractivity contribution in [2.45, 2.75) is 13.5 Å². The van der Waals surface area contributed by atoms with Crippen LogP contribution in [0.4, 0.5) is 0 Å². The molecule has 0 aromatic carbocycles. The summed E-state index contributed by atoms with van der Waals surface area (Å²) in [7, 11) is -2.95. The quantitative estimate of drug-likeness (QED) is 0.693. The molecule has 100 valence electrons. The van der Waals surface area contributed by atoms with E-state index in [9.17, 15) is 13.2 Å². The first kappa shape index (κ1) is 14.6. The molecule has 0 spiro atoms. The smallest absolute Gasteiger partial charge is 0.337 e. The average Bonchev–Trinajstić information content (AvgIpc) is 2.35. The van der Waals surface area contributed by atoms with Crippen molar-refractivity contribution < 1.29 is 18.3 Å². The Balaban J connectivity index is 2.38. The lowest BCUT2D eigenvalue weighted by Crippen LogP contribution is -2.23. The van der Waals surface area contributed by atoms with Gasteiger partial charge in [-0.05, 0) is 12.1 Å². The van der Waals surface area contributed by atoms with Crippen molar-refractivity contribution in [2.24, 2.45) is 0 Å². The van der Waals surface area contributed by atoms with E-state index in [0.717, 1.165) is 0 Å². The Morgan fingerprint density at radius 3 is 2.67 bits per heavy atom. The van der Waals surface area contributed by atoms with Crippen LogP contribution in [0.2, 0.25) is 0 Å². The van der Waals surface area contributed by atoms with E-state index in [0.29, 0.717) is 18.8 Å². The second-order valence-electron chi connectivity index (χ2n) is 3.76. The summed E-state index contributed by atoms with van der Waals surface area (Å²) in [5, 5.41) is 11.6. The molecule has 0 unspecified atom stereocenters. The van der Waals surface area contributed by atoms with Crippen LogP contribution in [0.5, 0.6) is 0 Å². The van der Waals surface area contributed by atoms with E-state index >= 15 is 0 Å². The largest absolute Gasteiger partial charge is 0.478 e. The molecule has 18 heavy (non-hydrogen) atoms. The van der Waals surface area contributed by atoms with Gasteiger partial charge < -0.3 is 10.4 Å². The number of carbonyl (C=O) groups is 1. The Bertz CT molecular complexity index is 496. The van der Waals surface area contributed by atoms with Gasteiger partial charge in [0, 0.05) is 25.0 Å². The van der Waals surface area contributed by atoms with Gasteiger partial charge in [-0.3, -0.25) is 4.98 Å². The van der Waals surface area contributed by atoms with Gasteiger partial charge in [-0.2, -0.15) is 0 Å². The minimum Gasteiger partial charge on any atom is -0.478 e. The predicted octanol–water partition coefficient (Wildman–Crippen LogP) is 0.304. The summed E-state index contributed by atoms with van der Waals surface area (Å²) in [5.41, 5.74) is 0.807. The Morgan fingerprint density at radius 2 is 2.17 bits per heavy atom. The first-order chi connectivity index (χ1) is 8.44. The van der Waals surface area contributed by atoms with Gasteiger partial charge >= 0.3 is 5.97 Å². The molecule has 0 saturated heterocycles. The number of hydrogen-bond donors (Lipinski definition) is 2. The second kappa shape index (κ2) is 6.46. The number of pyridine rings is 1. The van der Waals surface area contributed by atoms with Crippen molar-refractivity contribution in [2.75, 3.05) is 18.1 Å². The van der Waals surface area contributed by atoms with Crippen LogP contribution in [-0.2, 0) is 16.4 Å². The lowest BCUT2D eigenvalue weighted by Gasteiger charge is -2.04. The number of nitrogens with zero attached hydrogens (tertiary/aromatic N) is 1. The fraction of sp³-hybridized carbons (Fsp3) is 0.455. The summed E-state index contributed by atoms with van der Waals surface area (Å²) in [6, 6.07) is 3.07. The van der Waals surface area contributed by atoms with E-state index in [4.69, 9.17) is 5.11 Å². The molecule has 1 aromatic rings. The molecule has 1 rings (SSSR count). The van der Waals surface area contributed by atoms with Crippen LogP contribution < -0.4 is 5.32 Å². The number of hydrogen-bond acceptors (Lipinski definition) is 5. The molecule has 2 N–H and O–H groups in total. The number of carboxylic acid groups (broad SMARTS) is 1. The van der Waals surface area contributed by atoms with Crippen LogP contribution in [0, 0.1) is 0 Å². The molecule has 0 atom stereocenters. The molecule has 0 fully saturated rings. The summed E-state index contributed by atoms with van der Waals surface area (Å²) in [6.45, 7) is 2.39. The lowest BCUT2D eigenvalue weighted by atomic mass is 10.2. The molecule has 0 amide bonds. The first-order valence-electron chi connectivity index (χ1n) is 5.54. The molecule has 1 aromatic heterocycles. The third kappa shape index (κ3) is 4.80. The summed E-state index contributed by atoms with van der Waals surface area (Å²) in [6.07, 6.45) is 1.28. The fourth-order valence-electron chi connectivity index (χ4n) is 1.24. The standard InChI is InChI=1S/C11H16N2O4S/c1-2-18(16,17)6-5-12-8-10-4-3-9(7-13-10)11(14)15/h3-4,7,12H,2,5-6,8H2,1H3,(H,14,15). The Hall–Kier alpha value is -1.47. The highest BCUT2D eigenvalue weighted by molar-refractivity contribution is 7.91. The van der Waals surface area contributed by atoms with E-state index < -0.39 is 15.8 Å². The van der Waals surface area contributed by atoms with E-state index in [2.05, 4.69) is 10.3 Å². The van der Waals surface area contributed by atoms with E-state index in [-0.39, 0.29) is 17.1 Å². The monoisotopic (exact) mass is 272 g/mol. The number of rotatable bonds is 7. The van der Waals surface area contributed by atoms with Gasteiger partial charge in [0.15, 0.2) is 9.84 Å². The van der Waals surface area contributed by atoms with E-state index in [1.807, 2.05) is 0 Å². The van der Waals surface area contributed by atoms with Crippen molar-refractivity contribution in [3.05, 3.63) is 29.6 Å². The average molecular weight is 272 g/mol. The van der Waals surface area contributed by atoms with E-state index in [1.165, 1.54) is 12.3 Å². The molecule has 0 saturated carbocycles. The second-order valence-corrected chi connectivity index (χ2v) is 6.23. The van der Waals surface area contributed by atoms with Crippen LogP contribution in [0.1, 0.15) is 23.0 Å². The number of carboxylic acids is 1. The summed E-state index contributed by atoms with van der Waals surface area (Å²) in [4.78, 5) is 14.6. The highest BCUT2D eigenvalue weighted by Crippen LogP contribution is 2.00. The normalized spacial score (nSPS) is 11.4. The zero-order valence-corrected chi connectivity index (χ0v) is 10.9. The molecular formula is C11H16N2O4S. The van der Waals surface area contributed by atoms with Gasteiger partial charge in [0.05, 0.1) is 17.0 Å². The molecule has 0 aliphatic rings. The predicted molar refractivity (Wildman–Crippen MR) is 67.2 cm³/mol. The number of nitrogens with one attached hydrogen (secondary N) is 1. The maximum absolute atomic E-state index is 11.2. The SMILES string of the molecule is CCS(=O)(=O)CCNCc1ccc(C(=O)O)cn1. The first-order valence-corrected chi connectivity index (χ1v) is 7.36. The van der Waals surface area contributed by atoms with Gasteiger partial charge in [-0.1, -0.05) is 6.92 Å². The van der Waals surface area contributed by atoms with E-state index in [1.54, 1.807) is 13.0 Å². The summed E-state index contributed by atoms with van der Waals surface area (Å²) >= 11 is 0. The topological polar surface area (TPSA) is 96.4 Å². The minimum absolute atomic E-state index is 0.0940. The van der Waals surface area contributed by atoms with Gasteiger partial charge in [-0.15, -0.1) is 0 Å². The van der Waals surface area contributed by atoms with Gasteiger partial charge in [-0.25, -0.2) is 13.2 Å². The van der Waals surface area contributed by atoms with Gasteiger partial charge in [0.2, 0.25) is 0 Å². The van der Waals surface area contributed by atoms with Crippen molar-refractivity contribution in [1.82, 2.24) is 10.3 Å². The highest BCUT2D eigenvalue weighted by atomic mass is 32.2. The minimum atomic E-state index is -2.95. The molecule has 7 heteroatoms. The maximum atomic E-state index is 11.2. The zero-order chi connectivity index (χ0) is 13.6. The molecule has 0 aliphatic carbocycles. The van der Waals surface area contributed by atoms with Crippen LogP contribution in [0.3, 0.4) is 0 Å². The summed E-state index contributed by atoms with van der Waals surface area (Å²) < 4.78 is 22.4. The molecular weight excluding hydrogens is 256 g/mol. The number of sulfone groups is 1. The van der Waals surface area contributed by atoms with Crippen LogP contribution in [0.15, 0.2) is 18.3 Å². The molecule has 1 heterocycles. The van der Waals surface area contributed by atoms with Gasteiger partial charge in [0.1, 0.15) is 0 Å². The highest BCUT2D eigenvalue weighted by Gasteiger charge is 2.06. The molecule has 0 radical (unpaired) electrons. The molecule has 0 aliphatic heterocycles. The van der Waals surface area contributed by atoms with Crippen molar-refractivity contribution >= 4 is 15.8 Å². The van der Waals surface area contributed by atoms with Gasteiger partial charge in [0.25, 0.3) is 0 Å². The van der Waals surface area contributed by atoms with Crippen molar-refractivity contribution in [3.63, 3.8) is 0 Å². The Morgan fingerprint density at radius 1 is 1.44 bits per heavy atom. The number of aromatic carboxylic acids is 1. The third-order valence-electron chi connectivity index (χ3n) is 2.41. The fourth-order valence-corrected chi connectivity index (χ4v) is 1.99. The maximum Gasteiger partial charge on any atom is 0.337 e.